The molecule has 3 unspecified atom stereocenters. The highest BCUT2D eigenvalue weighted by Gasteiger charge is 2.46. The summed E-state index contributed by atoms with van der Waals surface area (Å²) in [5.74, 6) is -1.55. The first kappa shape index (κ1) is 26.3. The van der Waals surface area contributed by atoms with Crippen LogP contribution >= 0.6 is 11.8 Å². The van der Waals surface area contributed by atoms with E-state index in [1.165, 1.54) is 43.3 Å². The highest BCUT2D eigenvalue weighted by molar-refractivity contribution is 8.01. The molecule has 2 heterocycles. The van der Waals surface area contributed by atoms with Gasteiger partial charge < -0.3 is 25.5 Å². The standard InChI is InChI=1S/C25H37N5O3S/c1-4-30-23(33)21(34-24(30)20(15-26)22(32)28-25(2,3)17-31)16-27-19-9-7-8-18(14-19)10-13-29-11-5-6-12-29/h7-9,14,20-21,24,27,31H,4-6,10-13,16-17H2,1-3H3,(H,28,32). The summed E-state index contributed by atoms with van der Waals surface area (Å²) in [6, 6.07) is 10.4. The molecule has 0 radical (unpaired) electrons. The second kappa shape index (κ2) is 11.9. The molecule has 3 rings (SSSR count). The van der Waals surface area contributed by atoms with Gasteiger partial charge in [-0.1, -0.05) is 12.1 Å². The van der Waals surface area contributed by atoms with Crippen molar-refractivity contribution in [3.05, 3.63) is 29.8 Å². The Kier molecular flexibility index (Phi) is 9.23. The lowest BCUT2D eigenvalue weighted by molar-refractivity contribution is -0.132. The number of benzene rings is 1. The van der Waals surface area contributed by atoms with E-state index in [1.54, 1.807) is 18.7 Å². The van der Waals surface area contributed by atoms with Crippen LogP contribution in [-0.4, -0.2) is 82.2 Å². The van der Waals surface area contributed by atoms with Gasteiger partial charge in [0, 0.05) is 25.3 Å². The molecule has 1 aromatic carbocycles. The van der Waals surface area contributed by atoms with E-state index < -0.39 is 22.7 Å². The van der Waals surface area contributed by atoms with Gasteiger partial charge in [-0.3, -0.25) is 9.59 Å². The molecule has 2 aliphatic heterocycles. The molecule has 1 aromatic rings. The molecule has 3 N–H and O–H groups in total. The number of amides is 2. The van der Waals surface area contributed by atoms with Crippen molar-refractivity contribution in [2.75, 3.05) is 44.6 Å². The van der Waals surface area contributed by atoms with Crippen molar-refractivity contribution in [3.8, 4) is 6.07 Å². The van der Waals surface area contributed by atoms with Gasteiger partial charge in [-0.2, -0.15) is 5.26 Å². The first-order valence-corrected chi connectivity index (χ1v) is 13.1. The van der Waals surface area contributed by atoms with Crippen molar-refractivity contribution in [2.24, 2.45) is 5.92 Å². The monoisotopic (exact) mass is 487 g/mol. The predicted molar refractivity (Wildman–Crippen MR) is 135 cm³/mol. The smallest absolute Gasteiger partial charge is 0.240 e. The minimum absolute atomic E-state index is 0.0651. The molecule has 8 nitrogen and oxygen atoms in total. The second-order valence-electron chi connectivity index (χ2n) is 9.66. The minimum Gasteiger partial charge on any atom is -0.394 e. The van der Waals surface area contributed by atoms with Gasteiger partial charge in [0.25, 0.3) is 0 Å². The van der Waals surface area contributed by atoms with Gasteiger partial charge in [0.1, 0.15) is 10.6 Å². The molecule has 34 heavy (non-hydrogen) atoms. The fourth-order valence-corrected chi connectivity index (χ4v) is 5.89. The third-order valence-corrected chi connectivity index (χ3v) is 7.91. The maximum atomic E-state index is 13.0. The summed E-state index contributed by atoms with van der Waals surface area (Å²) in [6.07, 6.45) is 3.58. The van der Waals surface area contributed by atoms with Crippen LogP contribution in [0.4, 0.5) is 5.69 Å². The number of aliphatic hydroxyl groups is 1. The van der Waals surface area contributed by atoms with E-state index in [0.29, 0.717) is 13.1 Å². The Labute approximate surface area is 207 Å². The van der Waals surface area contributed by atoms with Crippen LogP contribution in [0.15, 0.2) is 24.3 Å². The van der Waals surface area contributed by atoms with E-state index in [4.69, 9.17) is 0 Å². The number of rotatable bonds is 11. The molecule has 2 saturated heterocycles. The zero-order valence-corrected chi connectivity index (χ0v) is 21.2. The van der Waals surface area contributed by atoms with Crippen LogP contribution in [0.2, 0.25) is 0 Å². The Bertz CT molecular complexity index is 897. The van der Waals surface area contributed by atoms with Crippen LogP contribution in [0.3, 0.4) is 0 Å². The summed E-state index contributed by atoms with van der Waals surface area (Å²) in [7, 11) is 0. The molecular weight excluding hydrogens is 450 g/mol. The number of likely N-dealkylation sites (tertiary alicyclic amines) is 1. The van der Waals surface area contributed by atoms with Gasteiger partial charge in [0.2, 0.25) is 11.8 Å². The third kappa shape index (κ3) is 6.65. The molecule has 0 bridgehead atoms. The Hall–Kier alpha value is -2.28. The fraction of sp³-hybridized carbons (Fsp3) is 0.640. The Morgan fingerprint density at radius 3 is 2.74 bits per heavy atom. The molecule has 0 aliphatic carbocycles. The number of hydrogen-bond acceptors (Lipinski definition) is 7. The number of carbonyl (C=O) groups is 2. The Morgan fingerprint density at radius 1 is 1.35 bits per heavy atom. The Morgan fingerprint density at radius 2 is 2.09 bits per heavy atom. The number of anilines is 1. The SMILES string of the molecule is CCN1C(=O)C(CNc2cccc(CCN3CCCC3)c2)SC1C(C#N)C(=O)NC(C)(C)CO. The molecule has 186 valence electrons. The predicted octanol–water partition coefficient (Wildman–Crippen LogP) is 2.05. The molecule has 2 fully saturated rings. The fourth-order valence-electron chi connectivity index (χ4n) is 4.38. The highest BCUT2D eigenvalue weighted by atomic mass is 32.2. The number of nitriles is 1. The van der Waals surface area contributed by atoms with Crippen LogP contribution in [-0.2, 0) is 16.0 Å². The van der Waals surface area contributed by atoms with E-state index in [2.05, 4.69) is 33.7 Å². The van der Waals surface area contributed by atoms with E-state index >= 15 is 0 Å². The van der Waals surface area contributed by atoms with Crippen molar-refractivity contribution in [1.29, 1.82) is 5.26 Å². The largest absolute Gasteiger partial charge is 0.394 e. The molecule has 0 saturated carbocycles. The quantitative estimate of drug-likeness (QED) is 0.438. The first-order chi connectivity index (χ1) is 16.3. The molecule has 0 aromatic heterocycles. The molecular formula is C25H37N5O3S. The summed E-state index contributed by atoms with van der Waals surface area (Å²) in [5.41, 5.74) is 1.40. The van der Waals surface area contributed by atoms with Crippen molar-refractivity contribution in [3.63, 3.8) is 0 Å². The van der Waals surface area contributed by atoms with Crippen LogP contribution in [0, 0.1) is 17.2 Å². The van der Waals surface area contributed by atoms with Crippen molar-refractivity contribution < 1.29 is 14.7 Å². The Balaban J connectivity index is 1.60. The van der Waals surface area contributed by atoms with Gasteiger partial charge in [-0.15, -0.1) is 11.8 Å². The van der Waals surface area contributed by atoms with Gasteiger partial charge in [0.15, 0.2) is 5.92 Å². The van der Waals surface area contributed by atoms with Gasteiger partial charge in [-0.25, -0.2) is 0 Å². The summed E-state index contributed by atoms with van der Waals surface area (Å²) in [6.45, 7) is 9.29. The van der Waals surface area contributed by atoms with E-state index in [0.717, 1.165) is 18.7 Å². The summed E-state index contributed by atoms with van der Waals surface area (Å²) >= 11 is 1.36. The summed E-state index contributed by atoms with van der Waals surface area (Å²) in [4.78, 5) is 29.9. The van der Waals surface area contributed by atoms with Crippen molar-refractivity contribution in [2.45, 2.75) is 56.2 Å². The van der Waals surface area contributed by atoms with E-state index in [1.807, 2.05) is 19.1 Å². The first-order valence-electron chi connectivity index (χ1n) is 12.1. The summed E-state index contributed by atoms with van der Waals surface area (Å²) < 4.78 is 0. The maximum Gasteiger partial charge on any atom is 0.240 e. The zero-order valence-electron chi connectivity index (χ0n) is 20.4. The zero-order chi connectivity index (χ0) is 24.7. The average Bonchev–Trinajstić information content (AvgIpc) is 3.44. The lowest BCUT2D eigenvalue weighted by Crippen LogP contribution is -2.51. The number of aliphatic hydroxyl groups excluding tert-OH is 1. The number of hydrogen-bond donors (Lipinski definition) is 3. The van der Waals surface area contributed by atoms with Crippen molar-refractivity contribution >= 4 is 29.3 Å². The molecule has 2 amide bonds. The van der Waals surface area contributed by atoms with Gasteiger partial charge >= 0.3 is 0 Å². The maximum absolute atomic E-state index is 13.0. The second-order valence-corrected chi connectivity index (χ2v) is 11.0. The minimum atomic E-state index is -1.02. The van der Waals surface area contributed by atoms with Gasteiger partial charge in [0.05, 0.1) is 18.2 Å². The average molecular weight is 488 g/mol. The topological polar surface area (TPSA) is 109 Å². The molecule has 9 heteroatoms. The molecule has 2 aliphatic rings. The summed E-state index contributed by atoms with van der Waals surface area (Å²) in [5, 5.41) is 24.4. The number of nitrogens with one attached hydrogen (secondary N) is 2. The van der Waals surface area contributed by atoms with Crippen LogP contribution in [0.1, 0.15) is 39.2 Å². The lowest BCUT2D eigenvalue weighted by Gasteiger charge is -2.29. The molecule has 0 spiro atoms. The number of thioether (sulfide) groups is 1. The normalized spacial score (nSPS) is 22.0. The number of nitrogens with zero attached hydrogens (tertiary/aromatic N) is 3. The van der Waals surface area contributed by atoms with E-state index in [9.17, 15) is 20.0 Å². The van der Waals surface area contributed by atoms with Crippen molar-refractivity contribution in [1.82, 2.24) is 15.1 Å². The van der Waals surface area contributed by atoms with E-state index in [-0.39, 0.29) is 17.8 Å². The lowest BCUT2D eigenvalue weighted by atomic mass is 10.0. The van der Waals surface area contributed by atoms with Gasteiger partial charge in [-0.05, 0) is 70.8 Å². The highest BCUT2D eigenvalue weighted by Crippen LogP contribution is 2.36. The van der Waals surface area contributed by atoms with Crippen LogP contribution in [0.25, 0.3) is 0 Å². The third-order valence-electron chi connectivity index (χ3n) is 6.41. The van der Waals surface area contributed by atoms with Crippen LogP contribution < -0.4 is 10.6 Å². The van der Waals surface area contributed by atoms with Crippen LogP contribution in [0.5, 0.6) is 0 Å². The molecule has 3 atom stereocenters. The number of carbonyl (C=O) groups excluding carboxylic acids is 2.